The number of rotatable bonds is 6. The molecule has 25 heavy (non-hydrogen) atoms. The molecule has 1 amide bonds. The summed E-state index contributed by atoms with van der Waals surface area (Å²) in [5.41, 5.74) is 1.86. The van der Waals surface area contributed by atoms with Gasteiger partial charge >= 0.3 is 0 Å². The van der Waals surface area contributed by atoms with Gasteiger partial charge in [0.05, 0.1) is 7.11 Å². The van der Waals surface area contributed by atoms with Gasteiger partial charge in [-0.1, -0.05) is 0 Å². The highest BCUT2D eigenvalue weighted by Gasteiger charge is 2.28. The van der Waals surface area contributed by atoms with E-state index in [9.17, 15) is 13.2 Å². The first-order valence-electron chi connectivity index (χ1n) is 8.22. The summed E-state index contributed by atoms with van der Waals surface area (Å²) >= 11 is 0. The monoisotopic (exact) mass is 370 g/mol. The number of hydrogen-bond acceptors (Lipinski definition) is 5. The predicted molar refractivity (Wildman–Crippen MR) is 94.3 cm³/mol. The standard InChI is InChI=1S/C17H26N2O5S/c1-12-9-15(24-4)16(10-13(12)2)25(21,22)18-14-5-7-19(8-6-14)17(20)11-23-3/h9-10,14,18H,5-8,11H2,1-4H3. The van der Waals surface area contributed by atoms with Gasteiger partial charge in [-0.05, 0) is 49.9 Å². The first-order valence-corrected chi connectivity index (χ1v) is 9.71. The van der Waals surface area contributed by atoms with Crippen molar-refractivity contribution in [3.05, 3.63) is 23.3 Å². The molecule has 1 aliphatic rings. The number of likely N-dealkylation sites (tertiary alicyclic amines) is 1. The number of nitrogens with one attached hydrogen (secondary N) is 1. The molecule has 0 atom stereocenters. The number of piperidine rings is 1. The van der Waals surface area contributed by atoms with E-state index < -0.39 is 10.0 Å². The van der Waals surface area contributed by atoms with Crippen molar-refractivity contribution >= 4 is 15.9 Å². The van der Waals surface area contributed by atoms with Gasteiger partial charge in [-0.2, -0.15) is 0 Å². The highest BCUT2D eigenvalue weighted by Crippen LogP contribution is 2.28. The lowest BCUT2D eigenvalue weighted by molar-refractivity contribution is -0.136. The lowest BCUT2D eigenvalue weighted by atomic mass is 10.1. The highest BCUT2D eigenvalue weighted by atomic mass is 32.2. The Hall–Kier alpha value is -1.64. The molecular formula is C17H26N2O5S. The fourth-order valence-electron chi connectivity index (χ4n) is 2.88. The zero-order valence-corrected chi connectivity index (χ0v) is 16.0. The Morgan fingerprint density at radius 3 is 2.36 bits per heavy atom. The number of nitrogens with zero attached hydrogens (tertiary/aromatic N) is 1. The summed E-state index contributed by atoms with van der Waals surface area (Å²) in [6.07, 6.45) is 1.14. The van der Waals surface area contributed by atoms with Crippen LogP contribution in [0, 0.1) is 13.8 Å². The fraction of sp³-hybridized carbons (Fsp3) is 0.588. The topological polar surface area (TPSA) is 84.9 Å². The van der Waals surface area contributed by atoms with Crippen molar-refractivity contribution in [1.82, 2.24) is 9.62 Å². The molecule has 1 aromatic carbocycles. The van der Waals surface area contributed by atoms with Crippen LogP contribution >= 0.6 is 0 Å². The van der Waals surface area contributed by atoms with Gasteiger partial charge in [0.1, 0.15) is 17.3 Å². The number of methoxy groups -OCH3 is 2. The maximum atomic E-state index is 12.8. The van der Waals surface area contributed by atoms with Crippen molar-refractivity contribution in [2.45, 2.75) is 37.6 Å². The van der Waals surface area contributed by atoms with Crippen LogP contribution in [-0.2, 0) is 19.6 Å². The maximum absolute atomic E-state index is 12.8. The van der Waals surface area contributed by atoms with Gasteiger partial charge in [0.25, 0.3) is 0 Å². The molecule has 0 radical (unpaired) electrons. The third-order valence-corrected chi connectivity index (χ3v) is 6.05. The van der Waals surface area contributed by atoms with E-state index in [4.69, 9.17) is 9.47 Å². The molecule has 1 aliphatic heterocycles. The number of benzene rings is 1. The van der Waals surface area contributed by atoms with Crippen LogP contribution in [0.15, 0.2) is 17.0 Å². The van der Waals surface area contributed by atoms with Gasteiger partial charge in [0.15, 0.2) is 0 Å². The zero-order valence-electron chi connectivity index (χ0n) is 15.2. The molecule has 1 saturated heterocycles. The van der Waals surface area contributed by atoms with Crippen LogP contribution in [-0.4, -0.2) is 59.2 Å². The van der Waals surface area contributed by atoms with Crippen LogP contribution in [0.5, 0.6) is 5.75 Å². The van der Waals surface area contributed by atoms with Crippen LogP contribution in [0.25, 0.3) is 0 Å². The number of carbonyl (C=O) groups excluding carboxylic acids is 1. The number of aryl methyl sites for hydroxylation is 2. The van der Waals surface area contributed by atoms with E-state index in [0.29, 0.717) is 31.7 Å². The van der Waals surface area contributed by atoms with Gasteiger partial charge in [-0.25, -0.2) is 13.1 Å². The lowest BCUT2D eigenvalue weighted by Crippen LogP contribution is -2.47. The first-order chi connectivity index (χ1) is 11.8. The highest BCUT2D eigenvalue weighted by molar-refractivity contribution is 7.89. The molecule has 0 bridgehead atoms. The summed E-state index contributed by atoms with van der Waals surface area (Å²) < 4.78 is 38.4. The normalized spacial score (nSPS) is 16.1. The smallest absolute Gasteiger partial charge is 0.248 e. The first kappa shape index (κ1) is 19.7. The Balaban J connectivity index is 2.08. The fourth-order valence-corrected chi connectivity index (χ4v) is 4.42. The average molecular weight is 370 g/mol. The van der Waals surface area contributed by atoms with Crippen molar-refractivity contribution in [2.24, 2.45) is 0 Å². The second-order valence-corrected chi connectivity index (χ2v) is 7.98. The Kier molecular flexibility index (Phi) is 6.42. The number of amides is 1. The number of carbonyl (C=O) groups is 1. The summed E-state index contributed by atoms with van der Waals surface area (Å²) in [6.45, 7) is 4.86. The molecule has 2 rings (SSSR count). The molecule has 1 fully saturated rings. The summed E-state index contributed by atoms with van der Waals surface area (Å²) in [4.78, 5) is 13.7. The molecular weight excluding hydrogens is 344 g/mol. The Bertz CT molecular complexity index is 725. The van der Waals surface area contributed by atoms with Gasteiger partial charge in [0, 0.05) is 26.2 Å². The van der Waals surface area contributed by atoms with E-state index in [0.717, 1.165) is 11.1 Å². The second-order valence-electron chi connectivity index (χ2n) is 6.30. The number of ether oxygens (including phenoxy) is 2. The predicted octanol–water partition coefficient (Wildman–Crippen LogP) is 1.23. The molecule has 1 heterocycles. The van der Waals surface area contributed by atoms with Crippen molar-refractivity contribution in [1.29, 1.82) is 0 Å². The quantitative estimate of drug-likeness (QED) is 0.814. The van der Waals surface area contributed by atoms with Crippen LogP contribution in [0.2, 0.25) is 0 Å². The van der Waals surface area contributed by atoms with Crippen LogP contribution in [0.1, 0.15) is 24.0 Å². The Labute approximate surface area is 149 Å². The largest absolute Gasteiger partial charge is 0.495 e. The molecule has 0 aromatic heterocycles. The van der Waals surface area contributed by atoms with Gasteiger partial charge in [-0.3, -0.25) is 4.79 Å². The van der Waals surface area contributed by atoms with Crippen LogP contribution < -0.4 is 9.46 Å². The van der Waals surface area contributed by atoms with E-state index in [1.165, 1.54) is 14.2 Å². The minimum Gasteiger partial charge on any atom is -0.495 e. The Morgan fingerprint density at radius 2 is 1.80 bits per heavy atom. The minimum absolute atomic E-state index is 0.0518. The molecule has 8 heteroatoms. The minimum atomic E-state index is -3.69. The van der Waals surface area contributed by atoms with E-state index >= 15 is 0 Å². The van der Waals surface area contributed by atoms with Gasteiger partial charge in [-0.15, -0.1) is 0 Å². The molecule has 1 N–H and O–H groups in total. The number of hydrogen-bond donors (Lipinski definition) is 1. The summed E-state index contributed by atoms with van der Waals surface area (Å²) in [5.74, 6) is 0.267. The van der Waals surface area contributed by atoms with Crippen molar-refractivity contribution in [3.63, 3.8) is 0 Å². The molecule has 0 unspecified atom stereocenters. The lowest BCUT2D eigenvalue weighted by Gasteiger charge is -2.32. The summed E-state index contributed by atoms with van der Waals surface area (Å²) in [5, 5.41) is 0. The molecule has 140 valence electrons. The van der Waals surface area contributed by atoms with Gasteiger partial charge in [0.2, 0.25) is 15.9 Å². The van der Waals surface area contributed by atoms with Crippen molar-refractivity contribution < 1.29 is 22.7 Å². The second kappa shape index (κ2) is 8.16. The molecule has 0 aliphatic carbocycles. The van der Waals surface area contributed by atoms with Crippen molar-refractivity contribution in [3.8, 4) is 5.75 Å². The molecule has 0 saturated carbocycles. The summed E-state index contributed by atoms with van der Waals surface area (Å²) in [6, 6.07) is 3.16. The third kappa shape index (κ3) is 4.71. The van der Waals surface area contributed by atoms with Crippen LogP contribution in [0.3, 0.4) is 0 Å². The van der Waals surface area contributed by atoms with E-state index in [2.05, 4.69) is 4.72 Å². The number of sulfonamides is 1. The van der Waals surface area contributed by atoms with Crippen LogP contribution in [0.4, 0.5) is 0 Å². The average Bonchev–Trinajstić information content (AvgIpc) is 2.57. The molecule has 7 nitrogen and oxygen atoms in total. The molecule has 1 aromatic rings. The molecule has 0 spiro atoms. The van der Waals surface area contributed by atoms with E-state index in [-0.39, 0.29) is 23.5 Å². The van der Waals surface area contributed by atoms with Gasteiger partial charge < -0.3 is 14.4 Å². The maximum Gasteiger partial charge on any atom is 0.248 e. The summed E-state index contributed by atoms with van der Waals surface area (Å²) in [7, 11) is -0.750. The van der Waals surface area contributed by atoms with E-state index in [1.807, 2.05) is 13.8 Å². The SMILES string of the molecule is COCC(=O)N1CCC(NS(=O)(=O)c2cc(C)c(C)cc2OC)CC1. The van der Waals surface area contributed by atoms with Crippen molar-refractivity contribution in [2.75, 3.05) is 33.9 Å². The zero-order chi connectivity index (χ0) is 18.6. The Morgan fingerprint density at radius 1 is 1.20 bits per heavy atom. The van der Waals surface area contributed by atoms with E-state index in [1.54, 1.807) is 17.0 Å². The third-order valence-electron chi connectivity index (χ3n) is 4.51.